The van der Waals surface area contributed by atoms with Crippen LogP contribution in [0.5, 0.6) is 0 Å². The van der Waals surface area contributed by atoms with Gasteiger partial charge in [-0.15, -0.1) is 0 Å². The van der Waals surface area contributed by atoms with Crippen molar-refractivity contribution < 1.29 is 13.6 Å². The quantitative estimate of drug-likeness (QED) is 0.422. The summed E-state index contributed by atoms with van der Waals surface area (Å²) in [6.45, 7) is 10.3. The van der Waals surface area contributed by atoms with E-state index in [9.17, 15) is 0 Å². The third-order valence-electron chi connectivity index (χ3n) is 2.50. The SMILES string of the molecule is CCO[Si](C)(CCCOCCN(C)C)OCC. The van der Waals surface area contributed by atoms with E-state index >= 15 is 0 Å². The monoisotopic (exact) mass is 263 g/mol. The van der Waals surface area contributed by atoms with Crippen molar-refractivity contribution in [3.63, 3.8) is 0 Å². The van der Waals surface area contributed by atoms with Crippen molar-refractivity contribution in [2.24, 2.45) is 0 Å². The third kappa shape index (κ3) is 9.73. The van der Waals surface area contributed by atoms with Gasteiger partial charge in [-0.1, -0.05) is 0 Å². The first-order chi connectivity index (χ1) is 8.04. The molecule has 0 heterocycles. The molecule has 0 spiro atoms. The second-order valence-electron chi connectivity index (χ2n) is 4.52. The van der Waals surface area contributed by atoms with Gasteiger partial charge in [0, 0.05) is 26.4 Å². The second-order valence-corrected chi connectivity index (χ2v) is 7.86. The molecule has 0 aromatic carbocycles. The Morgan fingerprint density at radius 2 is 1.59 bits per heavy atom. The van der Waals surface area contributed by atoms with E-state index < -0.39 is 8.56 Å². The molecule has 0 atom stereocenters. The van der Waals surface area contributed by atoms with E-state index in [0.29, 0.717) is 0 Å². The van der Waals surface area contributed by atoms with Crippen molar-refractivity contribution in [2.75, 3.05) is 47.1 Å². The topological polar surface area (TPSA) is 30.9 Å². The Morgan fingerprint density at radius 1 is 1.00 bits per heavy atom. The summed E-state index contributed by atoms with van der Waals surface area (Å²) in [5.74, 6) is 0. The number of ether oxygens (including phenoxy) is 1. The molecule has 0 fully saturated rings. The van der Waals surface area contributed by atoms with E-state index in [2.05, 4.69) is 25.5 Å². The Balaban J connectivity index is 3.61. The van der Waals surface area contributed by atoms with Gasteiger partial charge in [-0.3, -0.25) is 0 Å². The summed E-state index contributed by atoms with van der Waals surface area (Å²) >= 11 is 0. The third-order valence-corrected chi connectivity index (χ3v) is 5.56. The maximum Gasteiger partial charge on any atom is 0.334 e. The fourth-order valence-electron chi connectivity index (χ4n) is 1.64. The highest BCUT2D eigenvalue weighted by Gasteiger charge is 2.29. The van der Waals surface area contributed by atoms with Gasteiger partial charge in [0.25, 0.3) is 0 Å². The van der Waals surface area contributed by atoms with Gasteiger partial charge < -0.3 is 18.5 Å². The molecule has 104 valence electrons. The summed E-state index contributed by atoms with van der Waals surface area (Å²) in [6, 6.07) is 1.01. The van der Waals surface area contributed by atoms with Crippen LogP contribution in [-0.4, -0.2) is 60.5 Å². The Labute approximate surface area is 107 Å². The summed E-state index contributed by atoms with van der Waals surface area (Å²) in [7, 11) is 2.18. The van der Waals surface area contributed by atoms with Crippen LogP contribution in [0.15, 0.2) is 0 Å². The molecule has 0 aromatic rings. The summed E-state index contributed by atoms with van der Waals surface area (Å²) in [4.78, 5) is 2.12. The number of nitrogens with zero attached hydrogens (tertiary/aromatic N) is 1. The zero-order valence-corrected chi connectivity index (χ0v) is 13.1. The fraction of sp³-hybridized carbons (Fsp3) is 1.00. The molecule has 0 radical (unpaired) electrons. The maximum atomic E-state index is 5.77. The Morgan fingerprint density at radius 3 is 2.06 bits per heavy atom. The molecule has 0 amide bonds. The number of hydrogen-bond donors (Lipinski definition) is 0. The lowest BCUT2D eigenvalue weighted by Gasteiger charge is -2.25. The average Bonchev–Trinajstić information content (AvgIpc) is 2.23. The van der Waals surface area contributed by atoms with Crippen LogP contribution in [0.4, 0.5) is 0 Å². The Hall–Kier alpha value is 0.0569. The van der Waals surface area contributed by atoms with Crippen LogP contribution in [0.2, 0.25) is 12.6 Å². The van der Waals surface area contributed by atoms with E-state index in [4.69, 9.17) is 13.6 Å². The van der Waals surface area contributed by atoms with Gasteiger partial charge in [-0.05, 0) is 47.0 Å². The summed E-state index contributed by atoms with van der Waals surface area (Å²) < 4.78 is 17.1. The molecule has 0 aliphatic heterocycles. The van der Waals surface area contributed by atoms with Crippen molar-refractivity contribution in [1.82, 2.24) is 4.90 Å². The molecule has 5 heteroatoms. The molecule has 0 bridgehead atoms. The highest BCUT2D eigenvalue weighted by Crippen LogP contribution is 2.15. The molecule has 0 rings (SSSR count). The van der Waals surface area contributed by atoms with Gasteiger partial charge in [0.1, 0.15) is 0 Å². The molecule has 0 aromatic heterocycles. The lowest BCUT2D eigenvalue weighted by Crippen LogP contribution is -2.38. The molecule has 0 aliphatic carbocycles. The van der Waals surface area contributed by atoms with Crippen LogP contribution in [0, 0.1) is 0 Å². The maximum absolute atomic E-state index is 5.77. The molecule has 0 unspecified atom stereocenters. The number of rotatable bonds is 11. The normalized spacial score (nSPS) is 12.4. The van der Waals surface area contributed by atoms with Gasteiger partial charge in [-0.25, -0.2) is 0 Å². The Bertz CT molecular complexity index is 173. The number of hydrogen-bond acceptors (Lipinski definition) is 4. The molecular weight excluding hydrogens is 234 g/mol. The van der Waals surface area contributed by atoms with Gasteiger partial charge in [-0.2, -0.15) is 0 Å². The van der Waals surface area contributed by atoms with Crippen molar-refractivity contribution >= 4 is 8.56 Å². The minimum absolute atomic E-state index is 0.740. The van der Waals surface area contributed by atoms with Crippen LogP contribution < -0.4 is 0 Å². The van der Waals surface area contributed by atoms with Crippen LogP contribution >= 0.6 is 0 Å². The molecule has 0 saturated heterocycles. The van der Waals surface area contributed by atoms with Crippen molar-refractivity contribution in [3.8, 4) is 0 Å². The van der Waals surface area contributed by atoms with Crippen molar-refractivity contribution in [3.05, 3.63) is 0 Å². The van der Waals surface area contributed by atoms with Crippen LogP contribution in [0.3, 0.4) is 0 Å². The van der Waals surface area contributed by atoms with Gasteiger partial charge in [0.15, 0.2) is 0 Å². The minimum Gasteiger partial charge on any atom is -0.395 e. The number of likely N-dealkylation sites (N-methyl/N-ethyl adjacent to an activating group) is 1. The molecule has 0 saturated carbocycles. The van der Waals surface area contributed by atoms with E-state index in [1.54, 1.807) is 0 Å². The first-order valence-electron chi connectivity index (χ1n) is 6.54. The minimum atomic E-state index is -1.92. The standard InChI is InChI=1S/C12H29NO3Si/c1-6-15-17(5,16-7-2)12-8-10-14-11-9-13(3)4/h6-12H2,1-5H3. The lowest BCUT2D eigenvalue weighted by atomic mass is 10.5. The predicted octanol–water partition coefficient (Wildman–Crippen LogP) is 2.10. The van der Waals surface area contributed by atoms with E-state index in [1.165, 1.54) is 0 Å². The molecule has 0 N–H and O–H groups in total. The van der Waals surface area contributed by atoms with Gasteiger partial charge in [0.2, 0.25) is 0 Å². The van der Waals surface area contributed by atoms with E-state index in [1.807, 2.05) is 13.8 Å². The summed E-state index contributed by atoms with van der Waals surface area (Å²) in [5, 5.41) is 0. The summed E-state index contributed by atoms with van der Waals surface area (Å²) in [5.41, 5.74) is 0. The Kier molecular flexibility index (Phi) is 10.1. The van der Waals surface area contributed by atoms with E-state index in [0.717, 1.165) is 45.4 Å². The first kappa shape index (κ1) is 17.1. The zero-order chi connectivity index (χ0) is 13.1. The highest BCUT2D eigenvalue weighted by atomic mass is 28.4. The average molecular weight is 263 g/mol. The van der Waals surface area contributed by atoms with Crippen LogP contribution in [-0.2, 0) is 13.6 Å². The largest absolute Gasteiger partial charge is 0.395 e. The lowest BCUT2D eigenvalue weighted by molar-refractivity contribution is 0.114. The van der Waals surface area contributed by atoms with Gasteiger partial charge in [0.05, 0.1) is 6.61 Å². The van der Waals surface area contributed by atoms with Crippen LogP contribution in [0.1, 0.15) is 20.3 Å². The molecule has 0 aliphatic rings. The molecular formula is C12H29NO3Si. The fourth-order valence-corrected chi connectivity index (χ4v) is 4.02. The zero-order valence-electron chi connectivity index (χ0n) is 12.1. The van der Waals surface area contributed by atoms with Gasteiger partial charge >= 0.3 is 8.56 Å². The molecule has 17 heavy (non-hydrogen) atoms. The summed E-state index contributed by atoms with van der Waals surface area (Å²) in [6.07, 6.45) is 1.02. The first-order valence-corrected chi connectivity index (χ1v) is 9.06. The van der Waals surface area contributed by atoms with Crippen LogP contribution in [0.25, 0.3) is 0 Å². The smallest absolute Gasteiger partial charge is 0.334 e. The highest BCUT2D eigenvalue weighted by molar-refractivity contribution is 6.66. The second kappa shape index (κ2) is 10.0. The molecule has 4 nitrogen and oxygen atoms in total. The van der Waals surface area contributed by atoms with E-state index in [-0.39, 0.29) is 0 Å². The van der Waals surface area contributed by atoms with Crippen molar-refractivity contribution in [2.45, 2.75) is 32.9 Å². The van der Waals surface area contributed by atoms with Crippen molar-refractivity contribution in [1.29, 1.82) is 0 Å². The predicted molar refractivity (Wildman–Crippen MR) is 73.7 cm³/mol.